The quantitative estimate of drug-likeness (QED) is 0.766. The van der Waals surface area contributed by atoms with Gasteiger partial charge < -0.3 is 10.1 Å². The van der Waals surface area contributed by atoms with Crippen LogP contribution in [0.15, 0.2) is 0 Å². The average molecular weight is 195 g/mol. The third-order valence-electron chi connectivity index (χ3n) is 2.85. The standard InChI is InChI=1S/C10H17N3O/c1-4-8-9-7(5-6-11-8)10(14-3)12-13(9)2/h8,11H,4-6H2,1-3H3. The molecule has 0 aliphatic carbocycles. The molecule has 4 nitrogen and oxygen atoms in total. The fourth-order valence-electron chi connectivity index (χ4n) is 2.20. The van der Waals surface area contributed by atoms with Crippen molar-refractivity contribution < 1.29 is 4.74 Å². The molecular weight excluding hydrogens is 178 g/mol. The van der Waals surface area contributed by atoms with Gasteiger partial charge in [0.15, 0.2) is 0 Å². The normalized spacial score (nSPS) is 20.6. The van der Waals surface area contributed by atoms with E-state index in [-0.39, 0.29) is 0 Å². The highest BCUT2D eigenvalue weighted by molar-refractivity contribution is 5.35. The van der Waals surface area contributed by atoms with Crippen molar-refractivity contribution in [3.05, 3.63) is 11.3 Å². The highest BCUT2D eigenvalue weighted by Crippen LogP contribution is 2.30. The van der Waals surface area contributed by atoms with Crippen molar-refractivity contribution in [2.45, 2.75) is 25.8 Å². The van der Waals surface area contributed by atoms with Crippen molar-refractivity contribution in [1.29, 1.82) is 0 Å². The second kappa shape index (κ2) is 3.61. The van der Waals surface area contributed by atoms with Gasteiger partial charge in [-0.3, -0.25) is 4.68 Å². The van der Waals surface area contributed by atoms with Crippen molar-refractivity contribution >= 4 is 0 Å². The lowest BCUT2D eigenvalue weighted by atomic mass is 10.00. The molecule has 1 N–H and O–H groups in total. The lowest BCUT2D eigenvalue weighted by molar-refractivity contribution is 0.387. The van der Waals surface area contributed by atoms with Gasteiger partial charge in [0.2, 0.25) is 5.88 Å². The molecule has 0 saturated carbocycles. The molecule has 0 bridgehead atoms. The van der Waals surface area contributed by atoms with Crippen molar-refractivity contribution in [2.75, 3.05) is 13.7 Å². The Balaban J connectivity index is 2.46. The van der Waals surface area contributed by atoms with Gasteiger partial charge in [-0.1, -0.05) is 6.92 Å². The number of methoxy groups -OCH3 is 1. The first-order chi connectivity index (χ1) is 6.77. The zero-order valence-corrected chi connectivity index (χ0v) is 9.00. The largest absolute Gasteiger partial charge is 0.480 e. The average Bonchev–Trinajstić information content (AvgIpc) is 2.55. The highest BCUT2D eigenvalue weighted by Gasteiger charge is 2.26. The third-order valence-corrected chi connectivity index (χ3v) is 2.85. The molecule has 0 radical (unpaired) electrons. The predicted octanol–water partition coefficient (Wildman–Crippen LogP) is 1.03. The maximum absolute atomic E-state index is 5.27. The van der Waals surface area contributed by atoms with Crippen LogP contribution in [0.25, 0.3) is 0 Å². The van der Waals surface area contributed by atoms with Gasteiger partial charge in [0.05, 0.1) is 12.8 Å². The number of nitrogens with one attached hydrogen (secondary N) is 1. The number of fused-ring (bicyclic) bond motifs is 1. The van der Waals surface area contributed by atoms with Gasteiger partial charge in [-0.2, -0.15) is 0 Å². The number of ether oxygens (including phenoxy) is 1. The van der Waals surface area contributed by atoms with Crippen LogP contribution in [-0.4, -0.2) is 23.4 Å². The van der Waals surface area contributed by atoms with Gasteiger partial charge in [-0.05, 0) is 12.8 Å². The van der Waals surface area contributed by atoms with E-state index in [0.717, 1.165) is 25.3 Å². The van der Waals surface area contributed by atoms with E-state index in [9.17, 15) is 0 Å². The second-order valence-electron chi connectivity index (χ2n) is 3.66. The van der Waals surface area contributed by atoms with Gasteiger partial charge in [0, 0.05) is 25.2 Å². The van der Waals surface area contributed by atoms with Crippen molar-refractivity contribution in [1.82, 2.24) is 15.1 Å². The van der Waals surface area contributed by atoms with E-state index in [4.69, 9.17) is 4.74 Å². The molecule has 1 aliphatic rings. The first kappa shape index (κ1) is 9.52. The summed E-state index contributed by atoms with van der Waals surface area (Å²) in [7, 11) is 3.67. The maximum Gasteiger partial charge on any atom is 0.236 e. The van der Waals surface area contributed by atoms with Crippen molar-refractivity contribution in [2.24, 2.45) is 7.05 Å². The Hall–Kier alpha value is -1.03. The highest BCUT2D eigenvalue weighted by atomic mass is 16.5. The van der Waals surface area contributed by atoms with Crippen LogP contribution in [0.2, 0.25) is 0 Å². The number of rotatable bonds is 2. The molecule has 1 aliphatic heterocycles. The van der Waals surface area contributed by atoms with Gasteiger partial charge in [-0.25, -0.2) is 0 Å². The van der Waals surface area contributed by atoms with Crippen molar-refractivity contribution in [3.8, 4) is 5.88 Å². The fourth-order valence-corrected chi connectivity index (χ4v) is 2.20. The smallest absolute Gasteiger partial charge is 0.236 e. The molecule has 1 aromatic rings. The summed E-state index contributed by atoms with van der Waals surface area (Å²) in [6.07, 6.45) is 2.11. The molecule has 78 valence electrons. The van der Waals surface area contributed by atoms with Crippen LogP contribution in [0.3, 0.4) is 0 Å². The van der Waals surface area contributed by atoms with Gasteiger partial charge in [0.25, 0.3) is 0 Å². The van der Waals surface area contributed by atoms with Crippen molar-refractivity contribution in [3.63, 3.8) is 0 Å². The van der Waals surface area contributed by atoms with Crippen LogP contribution >= 0.6 is 0 Å². The summed E-state index contributed by atoms with van der Waals surface area (Å²) in [4.78, 5) is 0. The summed E-state index contributed by atoms with van der Waals surface area (Å²) in [5.41, 5.74) is 2.57. The Morgan fingerprint density at radius 1 is 1.64 bits per heavy atom. The number of aryl methyl sites for hydroxylation is 1. The Bertz CT molecular complexity index is 332. The minimum Gasteiger partial charge on any atom is -0.480 e. The Labute approximate surface area is 84.3 Å². The molecule has 14 heavy (non-hydrogen) atoms. The summed E-state index contributed by atoms with van der Waals surface area (Å²) < 4.78 is 7.21. The molecule has 0 fully saturated rings. The minimum absolute atomic E-state index is 0.431. The van der Waals surface area contributed by atoms with Gasteiger partial charge >= 0.3 is 0 Å². The van der Waals surface area contributed by atoms with Gasteiger partial charge in [0.1, 0.15) is 0 Å². The van der Waals surface area contributed by atoms with E-state index in [1.165, 1.54) is 11.3 Å². The van der Waals surface area contributed by atoms with Crippen LogP contribution < -0.4 is 10.1 Å². The SMILES string of the molecule is CCC1NCCc2c(OC)nn(C)c21. The number of aromatic nitrogens is 2. The van der Waals surface area contributed by atoms with E-state index in [1.807, 2.05) is 11.7 Å². The van der Waals surface area contributed by atoms with Crippen LogP contribution in [0, 0.1) is 0 Å². The summed E-state index contributed by atoms with van der Waals surface area (Å²) >= 11 is 0. The number of hydrogen-bond donors (Lipinski definition) is 1. The Morgan fingerprint density at radius 2 is 2.43 bits per heavy atom. The lowest BCUT2D eigenvalue weighted by Crippen LogP contribution is -2.30. The Morgan fingerprint density at radius 3 is 3.07 bits per heavy atom. The molecule has 0 amide bonds. The maximum atomic E-state index is 5.27. The summed E-state index contributed by atoms with van der Waals surface area (Å²) in [5, 5.41) is 7.85. The summed E-state index contributed by atoms with van der Waals surface area (Å²) in [6, 6.07) is 0.431. The van der Waals surface area contributed by atoms with E-state index in [1.54, 1.807) is 7.11 Å². The first-order valence-electron chi connectivity index (χ1n) is 5.11. The number of hydrogen-bond acceptors (Lipinski definition) is 3. The molecule has 1 aromatic heterocycles. The molecule has 0 spiro atoms. The predicted molar refractivity (Wildman–Crippen MR) is 54.5 cm³/mol. The summed E-state index contributed by atoms with van der Waals surface area (Å²) in [6.45, 7) is 3.21. The molecule has 2 rings (SSSR count). The molecular formula is C10H17N3O. The zero-order valence-electron chi connectivity index (χ0n) is 9.00. The number of nitrogens with zero attached hydrogens (tertiary/aromatic N) is 2. The lowest BCUT2D eigenvalue weighted by Gasteiger charge is -2.23. The van der Waals surface area contributed by atoms with E-state index in [0.29, 0.717) is 6.04 Å². The van der Waals surface area contributed by atoms with Crippen LogP contribution in [-0.2, 0) is 13.5 Å². The molecule has 2 heterocycles. The zero-order chi connectivity index (χ0) is 10.1. The molecule has 1 unspecified atom stereocenters. The van der Waals surface area contributed by atoms with E-state index < -0.39 is 0 Å². The third kappa shape index (κ3) is 1.30. The monoisotopic (exact) mass is 195 g/mol. The van der Waals surface area contributed by atoms with E-state index >= 15 is 0 Å². The molecule has 4 heteroatoms. The van der Waals surface area contributed by atoms with Gasteiger partial charge in [-0.15, -0.1) is 5.10 Å². The topological polar surface area (TPSA) is 39.1 Å². The first-order valence-corrected chi connectivity index (χ1v) is 5.11. The van der Waals surface area contributed by atoms with Crippen LogP contribution in [0.1, 0.15) is 30.6 Å². The Kier molecular flexibility index (Phi) is 2.46. The molecule has 0 aromatic carbocycles. The van der Waals surface area contributed by atoms with Crippen LogP contribution in [0.5, 0.6) is 5.88 Å². The second-order valence-corrected chi connectivity index (χ2v) is 3.66. The fraction of sp³-hybridized carbons (Fsp3) is 0.700. The molecule has 0 saturated heterocycles. The summed E-state index contributed by atoms with van der Waals surface area (Å²) in [5.74, 6) is 0.794. The molecule has 1 atom stereocenters. The van der Waals surface area contributed by atoms with Crippen LogP contribution in [0.4, 0.5) is 0 Å². The minimum atomic E-state index is 0.431. The van der Waals surface area contributed by atoms with E-state index in [2.05, 4.69) is 17.3 Å².